The van der Waals surface area contributed by atoms with Crippen molar-refractivity contribution in [1.29, 1.82) is 0 Å². The van der Waals surface area contributed by atoms with Crippen LogP contribution in [0.15, 0.2) is 30.5 Å². The fourth-order valence-corrected chi connectivity index (χ4v) is 2.40. The zero-order chi connectivity index (χ0) is 12.6. The molecular weight excluding hydrogens is 222 g/mol. The molecule has 1 aliphatic rings. The number of para-hydroxylation sites is 1. The van der Waals surface area contributed by atoms with Crippen molar-refractivity contribution in [2.24, 2.45) is 5.73 Å². The van der Waals surface area contributed by atoms with Crippen LogP contribution in [0.3, 0.4) is 0 Å². The third-order valence-corrected chi connectivity index (χ3v) is 3.95. The molecule has 0 unspecified atom stereocenters. The van der Waals surface area contributed by atoms with Gasteiger partial charge in [-0.15, -0.1) is 0 Å². The van der Waals surface area contributed by atoms with Crippen LogP contribution in [0.1, 0.15) is 25.3 Å². The highest BCUT2D eigenvalue weighted by Gasteiger charge is 2.36. The minimum Gasteiger partial charge on any atom is -0.361 e. The molecule has 1 saturated carbocycles. The van der Waals surface area contributed by atoms with Crippen molar-refractivity contribution in [2.45, 2.75) is 37.8 Å². The average molecular weight is 243 g/mol. The SMILES string of the molecule is CC1(NC[C@H](N)Cc2c[nH]c3ccccc23)CC1. The van der Waals surface area contributed by atoms with Crippen molar-refractivity contribution in [3.8, 4) is 0 Å². The Morgan fingerprint density at radius 1 is 1.39 bits per heavy atom. The molecule has 0 bridgehead atoms. The van der Waals surface area contributed by atoms with Gasteiger partial charge < -0.3 is 16.0 Å². The number of rotatable bonds is 5. The van der Waals surface area contributed by atoms with Crippen molar-refractivity contribution in [2.75, 3.05) is 6.54 Å². The molecule has 1 aliphatic carbocycles. The number of nitrogens with one attached hydrogen (secondary N) is 2. The summed E-state index contributed by atoms with van der Waals surface area (Å²) in [5.41, 5.74) is 9.10. The molecule has 4 N–H and O–H groups in total. The van der Waals surface area contributed by atoms with Crippen molar-refractivity contribution in [3.05, 3.63) is 36.0 Å². The first-order valence-corrected chi connectivity index (χ1v) is 6.72. The van der Waals surface area contributed by atoms with Crippen LogP contribution in [0.2, 0.25) is 0 Å². The summed E-state index contributed by atoms with van der Waals surface area (Å²) in [5.74, 6) is 0. The lowest BCUT2D eigenvalue weighted by molar-refractivity contribution is 0.490. The van der Waals surface area contributed by atoms with E-state index in [0.717, 1.165) is 13.0 Å². The van der Waals surface area contributed by atoms with E-state index in [1.165, 1.54) is 29.3 Å². The van der Waals surface area contributed by atoms with Gasteiger partial charge in [0.05, 0.1) is 0 Å². The molecule has 2 aromatic rings. The predicted octanol–water partition coefficient (Wildman–Crippen LogP) is 2.18. The lowest BCUT2D eigenvalue weighted by Crippen LogP contribution is -2.40. The second kappa shape index (κ2) is 4.41. The molecule has 3 nitrogen and oxygen atoms in total. The van der Waals surface area contributed by atoms with E-state index in [1.54, 1.807) is 0 Å². The molecule has 0 spiro atoms. The number of nitrogens with two attached hydrogens (primary N) is 1. The van der Waals surface area contributed by atoms with Gasteiger partial charge >= 0.3 is 0 Å². The number of H-pyrrole nitrogens is 1. The third kappa shape index (κ3) is 2.42. The Bertz CT molecular complexity index is 539. The van der Waals surface area contributed by atoms with E-state index in [9.17, 15) is 0 Å². The van der Waals surface area contributed by atoms with Gasteiger partial charge in [0.25, 0.3) is 0 Å². The normalized spacial score (nSPS) is 19.0. The van der Waals surface area contributed by atoms with Crippen molar-refractivity contribution < 1.29 is 0 Å². The maximum Gasteiger partial charge on any atom is 0.0456 e. The van der Waals surface area contributed by atoms with Crippen LogP contribution in [0, 0.1) is 0 Å². The minimum absolute atomic E-state index is 0.182. The fourth-order valence-electron chi connectivity index (χ4n) is 2.40. The molecule has 1 atom stereocenters. The van der Waals surface area contributed by atoms with Gasteiger partial charge in [0.2, 0.25) is 0 Å². The Kier molecular flexibility index (Phi) is 2.88. The van der Waals surface area contributed by atoms with E-state index in [2.05, 4.69) is 47.7 Å². The summed E-state index contributed by atoms with van der Waals surface area (Å²) in [4.78, 5) is 3.30. The summed E-state index contributed by atoms with van der Waals surface area (Å²) in [5, 5.41) is 4.85. The molecule has 3 heteroatoms. The zero-order valence-electron chi connectivity index (χ0n) is 10.9. The smallest absolute Gasteiger partial charge is 0.0456 e. The van der Waals surface area contributed by atoms with Gasteiger partial charge in [-0.25, -0.2) is 0 Å². The number of aromatic nitrogens is 1. The van der Waals surface area contributed by atoms with Gasteiger partial charge in [-0.05, 0) is 37.8 Å². The van der Waals surface area contributed by atoms with E-state index in [4.69, 9.17) is 5.73 Å². The highest BCUT2D eigenvalue weighted by atomic mass is 15.0. The van der Waals surface area contributed by atoms with Gasteiger partial charge in [0.1, 0.15) is 0 Å². The molecule has 1 aromatic heterocycles. The standard InChI is InChI=1S/C15H21N3/c1-15(6-7-15)18-10-12(16)8-11-9-17-14-5-3-2-4-13(11)14/h2-5,9,12,17-18H,6-8,10,16H2,1H3/t12-/m1/s1. The molecule has 1 aromatic carbocycles. The average Bonchev–Trinajstić information content (AvgIpc) is 2.98. The maximum atomic E-state index is 6.21. The Balaban J connectivity index is 1.64. The molecule has 3 rings (SSSR count). The summed E-state index contributed by atoms with van der Waals surface area (Å²) >= 11 is 0. The molecular formula is C15H21N3. The van der Waals surface area contributed by atoms with Crippen LogP contribution in [-0.2, 0) is 6.42 Å². The van der Waals surface area contributed by atoms with E-state index in [-0.39, 0.29) is 6.04 Å². The highest BCUT2D eigenvalue weighted by molar-refractivity contribution is 5.83. The van der Waals surface area contributed by atoms with E-state index < -0.39 is 0 Å². The van der Waals surface area contributed by atoms with Crippen LogP contribution in [0.5, 0.6) is 0 Å². The Hall–Kier alpha value is -1.32. The van der Waals surface area contributed by atoms with Gasteiger partial charge in [-0.1, -0.05) is 18.2 Å². The number of aromatic amines is 1. The third-order valence-electron chi connectivity index (χ3n) is 3.95. The Morgan fingerprint density at radius 3 is 2.94 bits per heavy atom. The molecule has 0 amide bonds. The number of hydrogen-bond acceptors (Lipinski definition) is 2. The van der Waals surface area contributed by atoms with Crippen LogP contribution >= 0.6 is 0 Å². The number of hydrogen-bond donors (Lipinski definition) is 3. The summed E-state index contributed by atoms with van der Waals surface area (Å²) in [6.07, 6.45) is 5.58. The van der Waals surface area contributed by atoms with Crippen LogP contribution in [0.4, 0.5) is 0 Å². The predicted molar refractivity (Wildman–Crippen MR) is 75.6 cm³/mol. The van der Waals surface area contributed by atoms with E-state index in [1.807, 2.05) is 0 Å². The van der Waals surface area contributed by atoms with Crippen molar-refractivity contribution >= 4 is 10.9 Å². The van der Waals surface area contributed by atoms with Crippen LogP contribution < -0.4 is 11.1 Å². The van der Waals surface area contributed by atoms with Crippen LogP contribution in [0.25, 0.3) is 10.9 Å². The van der Waals surface area contributed by atoms with Crippen LogP contribution in [-0.4, -0.2) is 23.1 Å². The van der Waals surface area contributed by atoms with Gasteiger partial charge in [0.15, 0.2) is 0 Å². The molecule has 96 valence electrons. The quantitative estimate of drug-likeness (QED) is 0.754. The number of fused-ring (bicyclic) bond motifs is 1. The molecule has 18 heavy (non-hydrogen) atoms. The van der Waals surface area contributed by atoms with Crippen molar-refractivity contribution in [3.63, 3.8) is 0 Å². The molecule has 1 fully saturated rings. The van der Waals surface area contributed by atoms with E-state index >= 15 is 0 Å². The topological polar surface area (TPSA) is 53.8 Å². The lowest BCUT2D eigenvalue weighted by Gasteiger charge is -2.16. The summed E-state index contributed by atoms with van der Waals surface area (Å²) in [6.45, 7) is 3.17. The first-order valence-electron chi connectivity index (χ1n) is 6.72. The number of benzene rings is 1. The maximum absolute atomic E-state index is 6.21. The Morgan fingerprint density at radius 2 is 2.17 bits per heavy atom. The highest BCUT2D eigenvalue weighted by Crippen LogP contribution is 2.34. The van der Waals surface area contributed by atoms with Gasteiger partial charge in [-0.2, -0.15) is 0 Å². The molecule has 0 aliphatic heterocycles. The molecule has 1 heterocycles. The first kappa shape index (κ1) is 11.8. The zero-order valence-corrected chi connectivity index (χ0v) is 10.9. The summed E-state index contributed by atoms with van der Waals surface area (Å²) in [6, 6.07) is 8.57. The van der Waals surface area contributed by atoms with Gasteiger partial charge in [0, 0.05) is 35.2 Å². The van der Waals surface area contributed by atoms with Gasteiger partial charge in [-0.3, -0.25) is 0 Å². The van der Waals surface area contributed by atoms with Crippen molar-refractivity contribution in [1.82, 2.24) is 10.3 Å². The lowest BCUT2D eigenvalue weighted by atomic mass is 10.1. The molecule has 0 radical (unpaired) electrons. The second-order valence-corrected chi connectivity index (χ2v) is 5.77. The fraction of sp³-hybridized carbons (Fsp3) is 0.467. The Labute approximate surface area is 108 Å². The van der Waals surface area contributed by atoms with E-state index in [0.29, 0.717) is 5.54 Å². The molecule has 0 saturated heterocycles. The largest absolute Gasteiger partial charge is 0.361 e. The monoisotopic (exact) mass is 243 g/mol. The minimum atomic E-state index is 0.182. The summed E-state index contributed by atoms with van der Waals surface area (Å²) < 4.78 is 0. The summed E-state index contributed by atoms with van der Waals surface area (Å²) in [7, 11) is 0. The second-order valence-electron chi connectivity index (χ2n) is 5.77. The first-order chi connectivity index (χ1) is 8.66.